The number of carbonyl (C=O) groups is 2. The lowest BCUT2D eigenvalue weighted by molar-refractivity contribution is -0.138. The second-order valence-electron chi connectivity index (χ2n) is 5.59. The van der Waals surface area contributed by atoms with Crippen LogP contribution in [0.15, 0.2) is 0 Å². The molecule has 5 nitrogen and oxygen atoms in total. The van der Waals surface area contributed by atoms with Gasteiger partial charge in [0.05, 0.1) is 6.54 Å². The van der Waals surface area contributed by atoms with Crippen LogP contribution >= 0.6 is 0 Å². The first-order chi connectivity index (χ1) is 7.79. The quantitative estimate of drug-likeness (QED) is 0.728. The Morgan fingerprint density at radius 3 is 2.24 bits per heavy atom. The van der Waals surface area contributed by atoms with Crippen molar-refractivity contribution in [2.45, 2.75) is 57.5 Å². The van der Waals surface area contributed by atoms with Crippen molar-refractivity contribution in [3.05, 3.63) is 0 Å². The Kier molecular flexibility index (Phi) is 4.51. The molecule has 2 amide bonds. The second kappa shape index (κ2) is 5.49. The van der Waals surface area contributed by atoms with E-state index in [-0.39, 0.29) is 24.9 Å². The van der Waals surface area contributed by atoms with Gasteiger partial charge in [-0.3, -0.25) is 9.59 Å². The molecular weight excluding hydrogens is 218 g/mol. The number of nitrogens with zero attached hydrogens (tertiary/aromatic N) is 1. The minimum absolute atomic E-state index is 0.0135. The van der Waals surface area contributed by atoms with Crippen molar-refractivity contribution in [2.24, 2.45) is 11.5 Å². The van der Waals surface area contributed by atoms with Crippen molar-refractivity contribution in [1.82, 2.24) is 4.90 Å². The molecule has 0 heterocycles. The number of nitrogens with two attached hydrogens (primary N) is 2. The maximum absolute atomic E-state index is 12.1. The summed E-state index contributed by atoms with van der Waals surface area (Å²) < 4.78 is 0. The van der Waals surface area contributed by atoms with Crippen LogP contribution in [0, 0.1) is 0 Å². The van der Waals surface area contributed by atoms with Gasteiger partial charge in [-0.15, -0.1) is 0 Å². The summed E-state index contributed by atoms with van der Waals surface area (Å²) in [5.74, 6) is -0.525. The van der Waals surface area contributed by atoms with Crippen LogP contribution in [0.4, 0.5) is 0 Å². The summed E-state index contributed by atoms with van der Waals surface area (Å²) in [6.45, 7) is 3.63. The molecule has 1 aliphatic rings. The molecule has 1 fully saturated rings. The standard InChI is InChI=1S/C12H23N3O2/c1-12(2,14)7-11(17)15(8-10(13)16)9-5-3-4-6-9/h9H,3-8,14H2,1-2H3,(H2,13,16). The fourth-order valence-electron chi connectivity index (χ4n) is 2.30. The van der Waals surface area contributed by atoms with Gasteiger partial charge in [-0.05, 0) is 26.7 Å². The Bertz CT molecular complexity index is 291. The van der Waals surface area contributed by atoms with Crippen LogP contribution in [0.5, 0.6) is 0 Å². The topological polar surface area (TPSA) is 89.4 Å². The zero-order valence-corrected chi connectivity index (χ0v) is 10.7. The molecule has 0 atom stereocenters. The largest absolute Gasteiger partial charge is 0.368 e. The number of carbonyl (C=O) groups excluding carboxylic acids is 2. The first-order valence-corrected chi connectivity index (χ1v) is 6.16. The van der Waals surface area contributed by atoms with E-state index in [0.717, 1.165) is 25.7 Å². The van der Waals surface area contributed by atoms with Gasteiger partial charge < -0.3 is 16.4 Å². The van der Waals surface area contributed by atoms with Crippen molar-refractivity contribution < 1.29 is 9.59 Å². The highest BCUT2D eigenvalue weighted by Gasteiger charge is 2.30. The Morgan fingerprint density at radius 2 is 1.82 bits per heavy atom. The minimum atomic E-state index is -0.550. The Balaban J connectivity index is 2.67. The monoisotopic (exact) mass is 241 g/mol. The van der Waals surface area contributed by atoms with Crippen LogP contribution in [-0.2, 0) is 9.59 Å². The maximum atomic E-state index is 12.1. The first-order valence-electron chi connectivity index (χ1n) is 6.16. The maximum Gasteiger partial charge on any atom is 0.237 e. The van der Waals surface area contributed by atoms with Crippen LogP contribution in [0.3, 0.4) is 0 Å². The van der Waals surface area contributed by atoms with Gasteiger partial charge in [0.1, 0.15) is 0 Å². The summed E-state index contributed by atoms with van der Waals surface area (Å²) in [5, 5.41) is 0. The van der Waals surface area contributed by atoms with Crippen LogP contribution < -0.4 is 11.5 Å². The molecular formula is C12H23N3O2. The molecule has 0 aromatic heterocycles. The summed E-state index contributed by atoms with van der Waals surface area (Å²) in [6.07, 6.45) is 4.39. The molecule has 0 bridgehead atoms. The molecule has 1 rings (SSSR count). The highest BCUT2D eigenvalue weighted by Crippen LogP contribution is 2.24. The zero-order chi connectivity index (χ0) is 13.1. The van der Waals surface area contributed by atoms with Crippen molar-refractivity contribution in [3.63, 3.8) is 0 Å². The SMILES string of the molecule is CC(C)(N)CC(=O)N(CC(N)=O)C1CCCC1. The van der Waals surface area contributed by atoms with Crippen LogP contribution in [0.1, 0.15) is 46.0 Å². The van der Waals surface area contributed by atoms with Gasteiger partial charge in [0.2, 0.25) is 11.8 Å². The van der Waals surface area contributed by atoms with E-state index in [2.05, 4.69) is 0 Å². The summed E-state index contributed by atoms with van der Waals surface area (Å²) in [7, 11) is 0. The van der Waals surface area contributed by atoms with Crippen molar-refractivity contribution in [2.75, 3.05) is 6.54 Å². The van der Waals surface area contributed by atoms with Crippen LogP contribution in [0.2, 0.25) is 0 Å². The summed E-state index contributed by atoms with van der Waals surface area (Å²) in [6, 6.07) is 0.164. The van der Waals surface area contributed by atoms with Gasteiger partial charge in [-0.2, -0.15) is 0 Å². The van der Waals surface area contributed by atoms with E-state index in [1.54, 1.807) is 4.90 Å². The Morgan fingerprint density at radius 1 is 1.29 bits per heavy atom. The van der Waals surface area contributed by atoms with Crippen molar-refractivity contribution >= 4 is 11.8 Å². The molecule has 98 valence electrons. The zero-order valence-electron chi connectivity index (χ0n) is 10.7. The molecule has 4 N–H and O–H groups in total. The number of hydrogen-bond donors (Lipinski definition) is 2. The molecule has 0 aliphatic heterocycles. The van der Waals surface area contributed by atoms with E-state index in [1.807, 2.05) is 13.8 Å². The third-order valence-electron chi connectivity index (χ3n) is 3.02. The van der Waals surface area contributed by atoms with Gasteiger partial charge in [0.15, 0.2) is 0 Å². The Hall–Kier alpha value is -1.10. The van der Waals surface area contributed by atoms with Gasteiger partial charge >= 0.3 is 0 Å². The van der Waals surface area contributed by atoms with Crippen molar-refractivity contribution in [1.29, 1.82) is 0 Å². The van der Waals surface area contributed by atoms with Gasteiger partial charge in [0, 0.05) is 18.0 Å². The van der Waals surface area contributed by atoms with E-state index in [9.17, 15) is 9.59 Å². The highest BCUT2D eigenvalue weighted by atomic mass is 16.2. The van der Waals surface area contributed by atoms with Gasteiger partial charge in [-0.1, -0.05) is 12.8 Å². The third kappa shape index (κ3) is 4.73. The number of primary amides is 1. The minimum Gasteiger partial charge on any atom is -0.368 e. The van der Waals surface area contributed by atoms with Crippen LogP contribution in [-0.4, -0.2) is 34.8 Å². The number of rotatable bonds is 5. The molecule has 0 aromatic carbocycles. The fraction of sp³-hybridized carbons (Fsp3) is 0.833. The number of amides is 2. The normalized spacial score (nSPS) is 17.1. The molecule has 17 heavy (non-hydrogen) atoms. The lowest BCUT2D eigenvalue weighted by Crippen LogP contribution is -2.48. The van der Waals surface area contributed by atoms with Crippen LogP contribution in [0.25, 0.3) is 0 Å². The molecule has 0 radical (unpaired) electrons. The molecule has 0 aromatic rings. The average Bonchev–Trinajstić information content (AvgIpc) is 2.63. The lowest BCUT2D eigenvalue weighted by Gasteiger charge is -2.30. The van der Waals surface area contributed by atoms with Crippen molar-refractivity contribution in [3.8, 4) is 0 Å². The second-order valence-corrected chi connectivity index (χ2v) is 5.59. The van der Waals surface area contributed by atoms with E-state index < -0.39 is 11.4 Å². The Labute approximate surface area is 103 Å². The first kappa shape index (κ1) is 14.0. The molecule has 0 unspecified atom stereocenters. The third-order valence-corrected chi connectivity index (χ3v) is 3.02. The van der Waals surface area contributed by atoms with E-state index in [4.69, 9.17) is 11.5 Å². The summed E-state index contributed by atoms with van der Waals surface area (Å²) >= 11 is 0. The molecule has 0 spiro atoms. The highest BCUT2D eigenvalue weighted by molar-refractivity contribution is 5.84. The summed E-state index contributed by atoms with van der Waals surface area (Å²) in [5.41, 5.74) is 10.5. The smallest absolute Gasteiger partial charge is 0.237 e. The number of hydrogen-bond acceptors (Lipinski definition) is 3. The fourth-order valence-corrected chi connectivity index (χ4v) is 2.30. The average molecular weight is 241 g/mol. The van der Waals surface area contributed by atoms with E-state index >= 15 is 0 Å². The van der Waals surface area contributed by atoms with E-state index in [1.165, 1.54) is 0 Å². The lowest BCUT2D eigenvalue weighted by atomic mass is 10.0. The van der Waals surface area contributed by atoms with E-state index in [0.29, 0.717) is 0 Å². The van der Waals surface area contributed by atoms with Gasteiger partial charge in [-0.25, -0.2) is 0 Å². The molecule has 1 aliphatic carbocycles. The molecule has 5 heteroatoms. The predicted molar refractivity (Wildman–Crippen MR) is 66.0 cm³/mol. The predicted octanol–water partition coefficient (Wildman–Crippen LogP) is 0.370. The van der Waals surface area contributed by atoms with Gasteiger partial charge in [0.25, 0.3) is 0 Å². The molecule has 0 saturated heterocycles. The summed E-state index contributed by atoms with van der Waals surface area (Å²) in [4.78, 5) is 24.8. The molecule has 1 saturated carbocycles.